The van der Waals surface area contributed by atoms with Gasteiger partial charge in [0.2, 0.25) is 0 Å². The molecule has 2 nitrogen and oxygen atoms in total. The topological polar surface area (TPSA) is 34.1 Å². The van der Waals surface area contributed by atoms with Crippen LogP contribution in [0.3, 0.4) is 0 Å². The first-order valence-corrected chi connectivity index (χ1v) is 6.42. The molecular formula is C11H13ClO2S. The van der Waals surface area contributed by atoms with Gasteiger partial charge in [0, 0.05) is 22.1 Å². The lowest BCUT2D eigenvalue weighted by atomic mass is 10.3. The van der Waals surface area contributed by atoms with Crippen LogP contribution in [-0.2, 0) is 15.6 Å². The summed E-state index contributed by atoms with van der Waals surface area (Å²) in [7, 11) is -1.02. The van der Waals surface area contributed by atoms with Crippen LogP contribution in [0.1, 0.15) is 19.8 Å². The van der Waals surface area contributed by atoms with E-state index < -0.39 is 10.8 Å². The maximum Gasteiger partial charge on any atom is 0.129 e. The maximum absolute atomic E-state index is 11.7. The fraction of sp³-hybridized carbons (Fsp3) is 0.364. The highest BCUT2D eigenvalue weighted by Gasteiger charge is 2.04. The van der Waals surface area contributed by atoms with Crippen LogP contribution in [0.15, 0.2) is 29.2 Å². The standard InChI is InChI=1S/C11H13ClO2S/c1-9(13)3-2-8-15(14)11-6-4-10(12)5-7-11/h4-7H,2-3,8H2,1H3. The Balaban J connectivity index is 2.47. The molecule has 0 saturated carbocycles. The Morgan fingerprint density at radius 1 is 1.33 bits per heavy atom. The molecule has 0 radical (unpaired) electrons. The molecule has 0 aliphatic carbocycles. The first kappa shape index (κ1) is 12.4. The summed E-state index contributed by atoms with van der Waals surface area (Å²) in [5, 5.41) is 0.638. The summed E-state index contributed by atoms with van der Waals surface area (Å²) in [6.45, 7) is 1.55. The Hall–Kier alpha value is -0.670. The molecule has 1 aromatic rings. The lowest BCUT2D eigenvalue weighted by molar-refractivity contribution is -0.117. The van der Waals surface area contributed by atoms with E-state index in [0.717, 1.165) is 4.90 Å². The molecule has 0 aromatic heterocycles. The SMILES string of the molecule is CC(=O)CCCS(=O)c1ccc(Cl)cc1. The summed E-state index contributed by atoms with van der Waals surface area (Å²) in [4.78, 5) is 11.5. The Morgan fingerprint density at radius 2 is 1.93 bits per heavy atom. The molecule has 1 rings (SSSR count). The monoisotopic (exact) mass is 244 g/mol. The molecule has 1 unspecified atom stereocenters. The van der Waals surface area contributed by atoms with E-state index in [-0.39, 0.29) is 5.78 Å². The second-order valence-corrected chi connectivity index (χ2v) is 5.32. The van der Waals surface area contributed by atoms with Crippen molar-refractivity contribution in [1.82, 2.24) is 0 Å². The van der Waals surface area contributed by atoms with Crippen molar-refractivity contribution in [1.29, 1.82) is 0 Å². The lowest BCUT2D eigenvalue weighted by Gasteiger charge is -2.01. The number of rotatable bonds is 5. The fourth-order valence-corrected chi connectivity index (χ4v) is 2.36. The van der Waals surface area contributed by atoms with Crippen LogP contribution in [0.2, 0.25) is 5.02 Å². The van der Waals surface area contributed by atoms with E-state index in [1.54, 1.807) is 31.2 Å². The lowest BCUT2D eigenvalue weighted by Crippen LogP contribution is -2.00. The molecule has 0 amide bonds. The smallest absolute Gasteiger partial charge is 0.129 e. The van der Waals surface area contributed by atoms with Crippen molar-refractivity contribution >= 4 is 28.2 Å². The van der Waals surface area contributed by atoms with Gasteiger partial charge in [-0.15, -0.1) is 0 Å². The van der Waals surface area contributed by atoms with E-state index in [1.165, 1.54) is 0 Å². The van der Waals surface area contributed by atoms with Gasteiger partial charge >= 0.3 is 0 Å². The number of benzene rings is 1. The Kier molecular flexibility index (Phi) is 4.99. The third kappa shape index (κ3) is 4.58. The van der Waals surface area contributed by atoms with Crippen molar-refractivity contribution in [2.45, 2.75) is 24.7 Å². The van der Waals surface area contributed by atoms with E-state index in [0.29, 0.717) is 23.6 Å². The van der Waals surface area contributed by atoms with Gasteiger partial charge in [0.15, 0.2) is 0 Å². The molecule has 1 atom stereocenters. The molecule has 0 bridgehead atoms. The third-order valence-electron chi connectivity index (χ3n) is 1.94. The molecule has 0 saturated heterocycles. The summed E-state index contributed by atoms with van der Waals surface area (Å²) >= 11 is 5.72. The number of hydrogen-bond donors (Lipinski definition) is 0. The van der Waals surface area contributed by atoms with E-state index in [2.05, 4.69) is 0 Å². The molecule has 0 aliphatic rings. The minimum atomic E-state index is -1.02. The second kappa shape index (κ2) is 6.03. The van der Waals surface area contributed by atoms with Gasteiger partial charge in [-0.3, -0.25) is 4.21 Å². The molecule has 1 aromatic carbocycles. The summed E-state index contributed by atoms with van der Waals surface area (Å²) in [6.07, 6.45) is 1.17. The average Bonchev–Trinajstić information content (AvgIpc) is 2.18. The van der Waals surface area contributed by atoms with Gasteiger partial charge in [-0.1, -0.05) is 11.6 Å². The summed E-state index contributed by atoms with van der Waals surface area (Å²) in [5.41, 5.74) is 0. The van der Waals surface area contributed by atoms with Gasteiger partial charge in [0.1, 0.15) is 5.78 Å². The van der Waals surface area contributed by atoms with Gasteiger partial charge < -0.3 is 4.79 Å². The zero-order chi connectivity index (χ0) is 11.3. The van der Waals surface area contributed by atoms with Crippen molar-refractivity contribution in [2.24, 2.45) is 0 Å². The summed E-state index contributed by atoms with van der Waals surface area (Å²) < 4.78 is 11.7. The van der Waals surface area contributed by atoms with Crippen LogP contribution in [0.25, 0.3) is 0 Å². The minimum Gasteiger partial charge on any atom is -0.300 e. The highest BCUT2D eigenvalue weighted by molar-refractivity contribution is 7.85. The van der Waals surface area contributed by atoms with Gasteiger partial charge in [0.05, 0.1) is 10.8 Å². The van der Waals surface area contributed by atoms with Crippen LogP contribution in [0.4, 0.5) is 0 Å². The first-order chi connectivity index (χ1) is 7.09. The third-order valence-corrected chi connectivity index (χ3v) is 3.64. The molecular weight excluding hydrogens is 232 g/mol. The number of carbonyl (C=O) groups excluding carboxylic acids is 1. The van der Waals surface area contributed by atoms with E-state index in [1.807, 2.05) is 0 Å². The van der Waals surface area contributed by atoms with Crippen molar-refractivity contribution in [3.05, 3.63) is 29.3 Å². The predicted molar refractivity (Wildman–Crippen MR) is 62.6 cm³/mol. The van der Waals surface area contributed by atoms with Gasteiger partial charge in [0.25, 0.3) is 0 Å². The largest absolute Gasteiger partial charge is 0.300 e. The van der Waals surface area contributed by atoms with Gasteiger partial charge in [-0.05, 0) is 37.6 Å². The molecule has 82 valence electrons. The number of hydrogen-bond acceptors (Lipinski definition) is 2. The van der Waals surface area contributed by atoms with Crippen LogP contribution < -0.4 is 0 Å². The van der Waals surface area contributed by atoms with Crippen LogP contribution >= 0.6 is 11.6 Å². The molecule has 0 fully saturated rings. The molecule has 0 aliphatic heterocycles. The normalized spacial score (nSPS) is 12.4. The van der Waals surface area contributed by atoms with Crippen LogP contribution in [0.5, 0.6) is 0 Å². The Morgan fingerprint density at radius 3 is 2.47 bits per heavy atom. The van der Waals surface area contributed by atoms with E-state index in [9.17, 15) is 9.00 Å². The van der Waals surface area contributed by atoms with Gasteiger partial charge in [-0.2, -0.15) is 0 Å². The van der Waals surface area contributed by atoms with E-state index in [4.69, 9.17) is 11.6 Å². The Labute approximate surface area is 97.1 Å². The summed E-state index contributed by atoms with van der Waals surface area (Å²) in [6, 6.07) is 6.96. The van der Waals surface area contributed by atoms with Crippen LogP contribution in [0, 0.1) is 0 Å². The van der Waals surface area contributed by atoms with Crippen molar-refractivity contribution in [3.63, 3.8) is 0 Å². The maximum atomic E-state index is 11.7. The van der Waals surface area contributed by atoms with Crippen molar-refractivity contribution < 1.29 is 9.00 Å². The van der Waals surface area contributed by atoms with Crippen molar-refractivity contribution in [2.75, 3.05) is 5.75 Å². The predicted octanol–water partition coefficient (Wildman–Crippen LogP) is 2.82. The molecule has 0 spiro atoms. The molecule has 4 heteroatoms. The fourth-order valence-electron chi connectivity index (χ4n) is 1.16. The summed E-state index contributed by atoms with van der Waals surface area (Å²) in [5.74, 6) is 0.671. The first-order valence-electron chi connectivity index (χ1n) is 4.73. The minimum absolute atomic E-state index is 0.142. The zero-order valence-corrected chi connectivity index (χ0v) is 10.1. The average molecular weight is 245 g/mol. The number of ketones is 1. The number of Topliss-reactive ketones (excluding diaryl/α,β-unsaturated/α-hetero) is 1. The second-order valence-electron chi connectivity index (χ2n) is 3.31. The molecule has 0 N–H and O–H groups in total. The van der Waals surface area contributed by atoms with Crippen molar-refractivity contribution in [3.8, 4) is 0 Å². The zero-order valence-electron chi connectivity index (χ0n) is 8.53. The quantitative estimate of drug-likeness (QED) is 0.798. The number of carbonyl (C=O) groups is 1. The highest BCUT2D eigenvalue weighted by Crippen LogP contribution is 2.13. The van der Waals surface area contributed by atoms with Gasteiger partial charge in [-0.25, -0.2) is 0 Å². The Bertz CT molecular complexity index is 359. The van der Waals surface area contributed by atoms with E-state index >= 15 is 0 Å². The number of halogens is 1. The molecule has 15 heavy (non-hydrogen) atoms. The van der Waals surface area contributed by atoms with Crippen LogP contribution in [-0.4, -0.2) is 15.7 Å². The molecule has 0 heterocycles. The highest BCUT2D eigenvalue weighted by atomic mass is 35.5.